The van der Waals surface area contributed by atoms with Crippen LogP contribution in [0.1, 0.15) is 0 Å². The fourth-order valence-corrected chi connectivity index (χ4v) is 4.11. The zero-order chi connectivity index (χ0) is 25.0. The molecule has 6 aromatic rings. The molecule has 0 unspecified atom stereocenters. The van der Waals surface area contributed by atoms with E-state index in [4.69, 9.17) is 39.9 Å². The second-order valence-electron chi connectivity index (χ2n) is 7.44. The van der Waals surface area contributed by atoms with Crippen molar-refractivity contribution in [3.63, 3.8) is 0 Å². The quantitative estimate of drug-likeness (QED) is 0.212. The third-order valence-corrected chi connectivity index (χ3v) is 5.96. The van der Waals surface area contributed by atoms with E-state index in [-0.39, 0.29) is 0 Å². The monoisotopic (exact) mass is 518 g/mol. The van der Waals surface area contributed by atoms with E-state index in [0.717, 1.165) is 27.6 Å². The minimum Gasteiger partial charge on any atom is -0.400 e. The molecule has 0 aliphatic heterocycles. The molecule has 4 heteroatoms. The minimum atomic E-state index is 0.795. The number of rotatable bonds is 0. The fraction of sp³-hybridized carbons (Fsp3) is 0.0323. The second-order valence-corrected chi connectivity index (χ2v) is 8.72. The number of aliphatic hydroxyl groups excluding tert-OH is 1. The van der Waals surface area contributed by atoms with E-state index in [9.17, 15) is 0 Å². The third-order valence-electron chi connectivity index (χ3n) is 5.16. The summed E-state index contributed by atoms with van der Waals surface area (Å²) in [6, 6.07) is 42.2. The number of hydrogen-bond acceptors (Lipinski definition) is 1. The smallest absolute Gasteiger partial charge is 0.0484 e. The van der Waals surface area contributed by atoms with E-state index in [1.165, 1.54) is 26.9 Å². The zero-order valence-corrected chi connectivity index (χ0v) is 21.5. The molecule has 0 aliphatic rings. The van der Waals surface area contributed by atoms with Gasteiger partial charge < -0.3 is 5.11 Å². The summed E-state index contributed by atoms with van der Waals surface area (Å²) in [7, 11) is 1.00. The maximum absolute atomic E-state index is 7.00. The van der Waals surface area contributed by atoms with Crippen molar-refractivity contribution < 1.29 is 5.11 Å². The Bertz CT molecular complexity index is 1420. The van der Waals surface area contributed by atoms with Gasteiger partial charge in [0.25, 0.3) is 0 Å². The first kappa shape index (κ1) is 26.5. The van der Waals surface area contributed by atoms with E-state index >= 15 is 0 Å². The molecule has 0 heterocycles. The predicted octanol–water partition coefficient (Wildman–Crippen LogP) is 10.1. The second kappa shape index (κ2) is 13.7. The minimum absolute atomic E-state index is 0.795. The van der Waals surface area contributed by atoms with Crippen molar-refractivity contribution in [2.75, 3.05) is 7.11 Å². The van der Waals surface area contributed by atoms with Crippen LogP contribution in [-0.2, 0) is 0 Å². The molecule has 176 valence electrons. The van der Waals surface area contributed by atoms with Crippen LogP contribution in [0, 0.1) is 0 Å². The fourth-order valence-electron chi connectivity index (χ4n) is 3.51. The Morgan fingerprint density at radius 1 is 0.400 bits per heavy atom. The molecule has 0 radical (unpaired) electrons. The van der Waals surface area contributed by atoms with Gasteiger partial charge in [0.1, 0.15) is 0 Å². The maximum Gasteiger partial charge on any atom is 0.0484 e. The van der Waals surface area contributed by atoms with Crippen molar-refractivity contribution in [1.82, 2.24) is 0 Å². The zero-order valence-electron chi connectivity index (χ0n) is 19.2. The topological polar surface area (TPSA) is 20.2 Å². The van der Waals surface area contributed by atoms with Gasteiger partial charge in [-0.05, 0) is 57.3 Å². The number of aliphatic hydroxyl groups is 1. The summed E-state index contributed by atoms with van der Waals surface area (Å²) >= 11 is 17.6. The molecule has 0 saturated heterocycles. The van der Waals surface area contributed by atoms with E-state index in [1.807, 2.05) is 91.0 Å². The highest BCUT2D eigenvalue weighted by atomic mass is 35.5. The van der Waals surface area contributed by atoms with Crippen LogP contribution in [0.4, 0.5) is 0 Å². The van der Waals surface area contributed by atoms with Gasteiger partial charge in [-0.15, -0.1) is 0 Å². The molecule has 1 nitrogen and oxygen atoms in total. The van der Waals surface area contributed by atoms with Gasteiger partial charge in [0.2, 0.25) is 0 Å². The Morgan fingerprint density at radius 3 is 1.29 bits per heavy atom. The van der Waals surface area contributed by atoms with Crippen LogP contribution in [0.15, 0.2) is 127 Å². The first-order chi connectivity index (χ1) is 17.1. The van der Waals surface area contributed by atoms with Gasteiger partial charge in [-0.2, -0.15) is 0 Å². The molecule has 0 saturated carbocycles. The lowest BCUT2D eigenvalue weighted by Crippen LogP contribution is -1.70. The summed E-state index contributed by atoms with van der Waals surface area (Å²) in [4.78, 5) is 0. The first-order valence-corrected chi connectivity index (χ1v) is 12.1. The lowest BCUT2D eigenvalue weighted by Gasteiger charge is -1.97. The molecular formula is C31H25Cl3O. The van der Waals surface area contributed by atoms with Crippen molar-refractivity contribution in [2.45, 2.75) is 0 Å². The normalized spacial score (nSPS) is 9.86. The highest BCUT2D eigenvalue weighted by molar-refractivity contribution is 6.35. The molecule has 1 N–H and O–H groups in total. The van der Waals surface area contributed by atoms with Gasteiger partial charge in [-0.3, -0.25) is 0 Å². The van der Waals surface area contributed by atoms with Crippen molar-refractivity contribution >= 4 is 67.1 Å². The Hall–Kier alpha value is -3.07. The van der Waals surface area contributed by atoms with Crippen molar-refractivity contribution in [2.24, 2.45) is 0 Å². The summed E-state index contributed by atoms with van der Waals surface area (Å²) in [5.74, 6) is 0. The molecule has 0 aromatic heterocycles. The summed E-state index contributed by atoms with van der Waals surface area (Å²) in [5.41, 5.74) is 0. The third kappa shape index (κ3) is 7.71. The van der Waals surface area contributed by atoms with Gasteiger partial charge in [0, 0.05) is 27.6 Å². The molecule has 0 atom stereocenters. The molecule has 0 fully saturated rings. The van der Waals surface area contributed by atoms with Gasteiger partial charge in [0.05, 0.1) is 0 Å². The van der Waals surface area contributed by atoms with Crippen molar-refractivity contribution in [1.29, 1.82) is 0 Å². The molecule has 0 spiro atoms. The van der Waals surface area contributed by atoms with Crippen LogP contribution in [0.25, 0.3) is 32.3 Å². The van der Waals surface area contributed by atoms with Crippen LogP contribution >= 0.6 is 34.8 Å². The average molecular weight is 520 g/mol. The van der Waals surface area contributed by atoms with Crippen molar-refractivity contribution in [3.05, 3.63) is 142 Å². The van der Waals surface area contributed by atoms with Gasteiger partial charge in [0.15, 0.2) is 0 Å². The molecule has 35 heavy (non-hydrogen) atoms. The largest absolute Gasteiger partial charge is 0.400 e. The Kier molecular flexibility index (Phi) is 10.4. The van der Waals surface area contributed by atoms with Crippen LogP contribution in [0.3, 0.4) is 0 Å². The summed E-state index contributed by atoms with van der Waals surface area (Å²) in [6.07, 6.45) is 0. The SMILES string of the molecule is CO.Clc1ccc2ccccc2c1.Clc1ccc2ccccc2c1.Clc1cccc2ccccc12. The number of halogens is 3. The summed E-state index contributed by atoms with van der Waals surface area (Å²) < 4.78 is 0. The highest BCUT2D eigenvalue weighted by Crippen LogP contribution is 2.22. The summed E-state index contributed by atoms with van der Waals surface area (Å²) in [5, 5.41) is 16.6. The molecule has 6 aromatic carbocycles. The van der Waals surface area contributed by atoms with E-state index in [2.05, 4.69) is 36.4 Å². The molecule has 0 bridgehead atoms. The maximum atomic E-state index is 7.00. The number of fused-ring (bicyclic) bond motifs is 3. The van der Waals surface area contributed by atoms with Crippen LogP contribution in [0.2, 0.25) is 15.1 Å². The Labute approximate surface area is 221 Å². The van der Waals surface area contributed by atoms with E-state index < -0.39 is 0 Å². The molecule has 0 amide bonds. The molecular weight excluding hydrogens is 495 g/mol. The number of benzene rings is 6. The predicted molar refractivity (Wildman–Crippen MR) is 155 cm³/mol. The van der Waals surface area contributed by atoms with Crippen LogP contribution < -0.4 is 0 Å². The van der Waals surface area contributed by atoms with E-state index in [0.29, 0.717) is 0 Å². The lowest BCUT2D eigenvalue weighted by atomic mass is 10.1. The van der Waals surface area contributed by atoms with Crippen LogP contribution in [-0.4, -0.2) is 12.2 Å². The highest BCUT2D eigenvalue weighted by Gasteiger charge is 1.94. The number of hydrogen-bond donors (Lipinski definition) is 1. The van der Waals surface area contributed by atoms with Crippen LogP contribution in [0.5, 0.6) is 0 Å². The Balaban J connectivity index is 0.000000142. The lowest BCUT2D eigenvalue weighted by molar-refractivity contribution is 0.399. The first-order valence-electron chi connectivity index (χ1n) is 11.0. The van der Waals surface area contributed by atoms with Gasteiger partial charge in [-0.25, -0.2) is 0 Å². The molecule has 0 aliphatic carbocycles. The Morgan fingerprint density at radius 2 is 0.800 bits per heavy atom. The van der Waals surface area contributed by atoms with Crippen molar-refractivity contribution in [3.8, 4) is 0 Å². The molecule has 6 rings (SSSR count). The van der Waals surface area contributed by atoms with Gasteiger partial charge >= 0.3 is 0 Å². The van der Waals surface area contributed by atoms with E-state index in [1.54, 1.807) is 0 Å². The summed E-state index contributed by atoms with van der Waals surface area (Å²) in [6.45, 7) is 0. The van der Waals surface area contributed by atoms with Gasteiger partial charge in [-0.1, -0.05) is 132 Å². The standard InChI is InChI=1S/3C10H7Cl.CH4O/c11-10-7-3-5-8-4-1-2-6-9(8)10;2*11-10-6-5-8-3-1-2-4-9(8)7-10;1-2/h3*1-7H;2H,1H3. The average Bonchev–Trinajstić information content (AvgIpc) is 2.91.